The van der Waals surface area contributed by atoms with Crippen molar-refractivity contribution in [2.75, 3.05) is 0 Å². The Morgan fingerprint density at radius 3 is 2.87 bits per heavy atom. The number of carbonyl (C=O) groups excluding carboxylic acids is 1. The van der Waals surface area contributed by atoms with Gasteiger partial charge in [-0.25, -0.2) is 0 Å². The van der Waals surface area contributed by atoms with Crippen LogP contribution in [0.2, 0.25) is 10.0 Å². The molecule has 0 atom stereocenters. The third-order valence-electron chi connectivity index (χ3n) is 1.58. The molecule has 0 N–H and O–H groups in total. The van der Waals surface area contributed by atoms with Crippen molar-refractivity contribution in [3.8, 4) is 0 Å². The van der Waals surface area contributed by atoms with Crippen LogP contribution in [0.4, 0.5) is 0 Å². The molecule has 0 amide bonds. The van der Waals surface area contributed by atoms with Crippen LogP contribution in [-0.4, -0.2) is 15.7 Å². The topological polar surface area (TPSA) is 61.2 Å². The second kappa shape index (κ2) is 5.14. The van der Waals surface area contributed by atoms with Crippen molar-refractivity contribution in [3.63, 3.8) is 0 Å². The fourth-order valence-corrected chi connectivity index (χ4v) is 1.04. The molecule has 0 aliphatic carbocycles. The van der Waals surface area contributed by atoms with Crippen LogP contribution in [0.3, 0.4) is 0 Å². The number of esters is 1. The molecule has 0 unspecified atom stereocenters. The first-order valence-electron chi connectivity index (χ1n) is 4.13. The summed E-state index contributed by atoms with van der Waals surface area (Å²) in [5.74, 6) is -0.422. The molecule has 1 aromatic rings. The van der Waals surface area contributed by atoms with Crippen LogP contribution < -0.4 is 5.56 Å². The summed E-state index contributed by atoms with van der Waals surface area (Å²) in [7, 11) is 0. The number of hydrogen-bond donors (Lipinski definition) is 0. The summed E-state index contributed by atoms with van der Waals surface area (Å²) >= 11 is 11.1. The molecule has 0 bridgehead atoms. The molecule has 0 spiro atoms. The molecule has 0 aliphatic rings. The summed E-state index contributed by atoms with van der Waals surface area (Å²) in [5, 5.41) is 3.59. The van der Waals surface area contributed by atoms with Crippen LogP contribution in [0.5, 0.6) is 0 Å². The third kappa shape index (κ3) is 2.94. The first-order chi connectivity index (χ1) is 7.06. The second-order valence-electron chi connectivity index (χ2n) is 2.61. The number of aromatic nitrogens is 2. The maximum atomic E-state index is 11.4. The average Bonchev–Trinajstić information content (AvgIpc) is 2.24. The van der Waals surface area contributed by atoms with E-state index in [-0.39, 0.29) is 23.2 Å². The van der Waals surface area contributed by atoms with Gasteiger partial charge in [0, 0.05) is 6.42 Å². The zero-order valence-corrected chi connectivity index (χ0v) is 9.38. The monoisotopic (exact) mass is 250 g/mol. The van der Waals surface area contributed by atoms with Crippen LogP contribution >= 0.6 is 23.2 Å². The Morgan fingerprint density at radius 2 is 2.27 bits per heavy atom. The maximum absolute atomic E-state index is 11.4. The highest BCUT2D eigenvalue weighted by atomic mass is 35.5. The molecule has 15 heavy (non-hydrogen) atoms. The highest BCUT2D eigenvalue weighted by Gasteiger charge is 2.08. The smallest absolute Gasteiger partial charge is 0.307 e. The Hall–Kier alpha value is -1.07. The highest BCUT2D eigenvalue weighted by molar-refractivity contribution is 6.41. The lowest BCUT2D eigenvalue weighted by Crippen LogP contribution is -2.25. The normalized spacial score (nSPS) is 10.1. The van der Waals surface area contributed by atoms with Gasteiger partial charge in [-0.05, 0) is 0 Å². The molecule has 0 fully saturated rings. The number of nitrogens with zero attached hydrogens (tertiary/aromatic N) is 2. The zero-order valence-electron chi connectivity index (χ0n) is 7.87. The number of halogens is 2. The van der Waals surface area contributed by atoms with E-state index in [2.05, 4.69) is 5.10 Å². The van der Waals surface area contributed by atoms with Gasteiger partial charge in [0.1, 0.15) is 5.02 Å². The molecule has 0 aliphatic heterocycles. The van der Waals surface area contributed by atoms with Gasteiger partial charge >= 0.3 is 5.97 Å². The van der Waals surface area contributed by atoms with E-state index in [0.717, 1.165) is 4.68 Å². The van der Waals surface area contributed by atoms with E-state index in [0.29, 0.717) is 0 Å². The molecule has 1 rings (SSSR count). The van der Waals surface area contributed by atoms with E-state index in [1.54, 1.807) is 6.92 Å². The van der Waals surface area contributed by atoms with Gasteiger partial charge in [0.25, 0.3) is 5.56 Å². The Kier molecular flexibility index (Phi) is 4.11. The molecule has 5 nitrogen and oxygen atoms in total. The van der Waals surface area contributed by atoms with E-state index in [9.17, 15) is 9.59 Å². The van der Waals surface area contributed by atoms with E-state index in [4.69, 9.17) is 27.9 Å². The molecular weight excluding hydrogens is 243 g/mol. The fourth-order valence-electron chi connectivity index (χ4n) is 0.772. The lowest BCUT2D eigenvalue weighted by molar-refractivity contribution is -0.147. The minimum Gasteiger partial charge on any atom is -0.442 e. The van der Waals surface area contributed by atoms with Crippen LogP contribution in [0.1, 0.15) is 13.3 Å². The number of hydrogen-bond acceptors (Lipinski definition) is 4. The molecule has 82 valence electrons. The first-order valence-corrected chi connectivity index (χ1v) is 4.88. The fraction of sp³-hybridized carbons (Fsp3) is 0.375. The van der Waals surface area contributed by atoms with Crippen molar-refractivity contribution in [1.29, 1.82) is 0 Å². The number of rotatable bonds is 3. The predicted octanol–water partition coefficient (Wildman–Crippen LogP) is 1.46. The largest absolute Gasteiger partial charge is 0.442 e. The summed E-state index contributed by atoms with van der Waals surface area (Å²) in [4.78, 5) is 22.2. The predicted molar refractivity (Wildman–Crippen MR) is 54.9 cm³/mol. The summed E-state index contributed by atoms with van der Waals surface area (Å²) < 4.78 is 5.63. The van der Waals surface area contributed by atoms with Gasteiger partial charge in [0.2, 0.25) is 0 Å². The minimum atomic E-state index is -0.590. The highest BCUT2D eigenvalue weighted by Crippen LogP contribution is 2.14. The van der Waals surface area contributed by atoms with E-state index >= 15 is 0 Å². The summed E-state index contributed by atoms with van der Waals surface area (Å²) in [6, 6.07) is 0. The van der Waals surface area contributed by atoms with Gasteiger partial charge in [-0.3, -0.25) is 9.59 Å². The third-order valence-corrected chi connectivity index (χ3v) is 2.33. The van der Waals surface area contributed by atoms with Gasteiger partial charge in [-0.2, -0.15) is 9.78 Å². The minimum absolute atomic E-state index is 0.0692. The molecule has 1 aromatic heterocycles. The van der Waals surface area contributed by atoms with Crippen LogP contribution in [0.15, 0.2) is 11.0 Å². The Morgan fingerprint density at radius 1 is 1.60 bits per heavy atom. The number of carbonyl (C=O) groups is 1. The maximum Gasteiger partial charge on any atom is 0.307 e. The van der Waals surface area contributed by atoms with Gasteiger partial charge in [-0.1, -0.05) is 30.1 Å². The molecule has 1 heterocycles. The second-order valence-corrected chi connectivity index (χ2v) is 3.40. The molecule has 0 radical (unpaired) electrons. The van der Waals surface area contributed by atoms with E-state index in [1.165, 1.54) is 6.20 Å². The summed E-state index contributed by atoms with van der Waals surface area (Å²) in [6.07, 6.45) is 1.45. The SMILES string of the molecule is CCC(=O)OCn1ncc(Cl)c(Cl)c1=O. The van der Waals surface area contributed by atoms with Gasteiger partial charge in [0.05, 0.1) is 11.2 Å². The lowest BCUT2D eigenvalue weighted by Gasteiger charge is -2.05. The Bertz CT molecular complexity index is 430. The van der Waals surface area contributed by atoms with E-state index in [1.807, 2.05) is 0 Å². The Labute approximate surface area is 95.6 Å². The zero-order chi connectivity index (χ0) is 11.4. The quantitative estimate of drug-likeness (QED) is 0.763. The van der Waals surface area contributed by atoms with Crippen LogP contribution in [-0.2, 0) is 16.3 Å². The van der Waals surface area contributed by atoms with Crippen molar-refractivity contribution in [2.45, 2.75) is 20.1 Å². The molecule has 0 saturated heterocycles. The molecule has 7 heteroatoms. The van der Waals surface area contributed by atoms with Crippen LogP contribution in [0, 0.1) is 0 Å². The van der Waals surface area contributed by atoms with E-state index < -0.39 is 11.5 Å². The standard InChI is InChI=1S/C8H8Cl2N2O3/c1-2-6(13)15-4-12-8(14)7(10)5(9)3-11-12/h3H,2,4H2,1H3. The van der Waals surface area contributed by atoms with Gasteiger partial charge < -0.3 is 4.74 Å². The summed E-state index contributed by atoms with van der Waals surface area (Å²) in [5.41, 5.74) is -0.590. The average molecular weight is 251 g/mol. The number of ether oxygens (including phenoxy) is 1. The van der Waals surface area contributed by atoms with Crippen molar-refractivity contribution in [1.82, 2.24) is 9.78 Å². The van der Waals surface area contributed by atoms with Crippen LogP contribution in [0.25, 0.3) is 0 Å². The lowest BCUT2D eigenvalue weighted by atomic mass is 10.5. The summed E-state index contributed by atoms with van der Waals surface area (Å²) in [6.45, 7) is 1.38. The van der Waals surface area contributed by atoms with Crippen molar-refractivity contribution in [2.24, 2.45) is 0 Å². The van der Waals surface area contributed by atoms with Gasteiger partial charge in [-0.15, -0.1) is 0 Å². The first kappa shape index (κ1) is 12.0. The van der Waals surface area contributed by atoms with Gasteiger partial charge in [0.15, 0.2) is 6.73 Å². The Balaban J connectivity index is 2.84. The molecular formula is C8H8Cl2N2O3. The van der Waals surface area contributed by atoms with Crippen molar-refractivity contribution >= 4 is 29.2 Å². The molecule has 0 aromatic carbocycles. The van der Waals surface area contributed by atoms with Crippen molar-refractivity contribution < 1.29 is 9.53 Å². The van der Waals surface area contributed by atoms with Crippen molar-refractivity contribution in [3.05, 3.63) is 26.6 Å². The molecule has 0 saturated carbocycles.